The van der Waals surface area contributed by atoms with Gasteiger partial charge in [0.1, 0.15) is 11.9 Å². The number of hydrogen-bond acceptors (Lipinski definition) is 2. The third kappa shape index (κ3) is 4.10. The van der Waals surface area contributed by atoms with Crippen LogP contribution in [0.25, 0.3) is 0 Å². The van der Waals surface area contributed by atoms with Crippen LogP contribution in [0.4, 0.5) is 0 Å². The minimum Gasteiger partial charge on any atom is -0.486 e. The van der Waals surface area contributed by atoms with Crippen molar-refractivity contribution in [2.24, 2.45) is 0 Å². The summed E-state index contributed by atoms with van der Waals surface area (Å²) in [5, 5.41) is 3.46. The maximum absolute atomic E-state index is 6.22. The standard InChI is InChI=1S/C17H25NO/c1-3-12-18-13-15-9-7-8-14(2)17(15)19-16-10-5-4-6-11-16/h5,7-10,16,18H,3-4,6,11-13H2,1-2H3. The summed E-state index contributed by atoms with van der Waals surface area (Å²) in [4.78, 5) is 0. The van der Waals surface area contributed by atoms with Gasteiger partial charge in [-0.15, -0.1) is 0 Å². The van der Waals surface area contributed by atoms with Crippen LogP contribution in [0.3, 0.4) is 0 Å². The molecular formula is C17H25NO. The summed E-state index contributed by atoms with van der Waals surface area (Å²) in [6.07, 6.45) is 9.41. The lowest BCUT2D eigenvalue weighted by Gasteiger charge is -2.22. The number of benzene rings is 1. The van der Waals surface area contributed by atoms with E-state index in [1.807, 2.05) is 0 Å². The molecule has 0 bridgehead atoms. The van der Waals surface area contributed by atoms with Crippen molar-refractivity contribution in [1.82, 2.24) is 5.32 Å². The first-order chi connectivity index (χ1) is 9.31. The van der Waals surface area contributed by atoms with E-state index in [1.165, 1.54) is 24.0 Å². The molecule has 104 valence electrons. The van der Waals surface area contributed by atoms with Crippen molar-refractivity contribution >= 4 is 0 Å². The number of nitrogens with one attached hydrogen (secondary N) is 1. The Morgan fingerprint density at radius 3 is 3.00 bits per heavy atom. The molecule has 19 heavy (non-hydrogen) atoms. The first-order valence-electron chi connectivity index (χ1n) is 7.43. The minimum atomic E-state index is 0.250. The molecule has 0 radical (unpaired) electrons. The number of allylic oxidation sites excluding steroid dienone is 1. The molecule has 0 saturated heterocycles. The van der Waals surface area contributed by atoms with Gasteiger partial charge < -0.3 is 10.1 Å². The predicted molar refractivity (Wildman–Crippen MR) is 80.6 cm³/mol. The van der Waals surface area contributed by atoms with Crippen molar-refractivity contribution in [1.29, 1.82) is 0 Å². The highest BCUT2D eigenvalue weighted by Gasteiger charge is 2.14. The van der Waals surface area contributed by atoms with Gasteiger partial charge in [-0.2, -0.15) is 0 Å². The first-order valence-corrected chi connectivity index (χ1v) is 7.43. The van der Waals surface area contributed by atoms with Crippen molar-refractivity contribution in [3.05, 3.63) is 41.5 Å². The van der Waals surface area contributed by atoms with E-state index in [-0.39, 0.29) is 6.10 Å². The van der Waals surface area contributed by atoms with Crippen LogP contribution in [0.1, 0.15) is 43.7 Å². The Morgan fingerprint density at radius 2 is 2.26 bits per heavy atom. The molecule has 1 N–H and O–H groups in total. The summed E-state index contributed by atoms with van der Waals surface area (Å²) in [5.74, 6) is 1.07. The molecule has 1 aromatic rings. The second kappa shape index (κ2) is 7.34. The summed E-state index contributed by atoms with van der Waals surface area (Å²) < 4.78 is 6.22. The molecule has 1 atom stereocenters. The second-order valence-electron chi connectivity index (χ2n) is 5.26. The fourth-order valence-corrected chi connectivity index (χ4v) is 2.45. The lowest BCUT2D eigenvalue weighted by molar-refractivity contribution is 0.226. The van der Waals surface area contributed by atoms with Gasteiger partial charge in [0.25, 0.3) is 0 Å². The highest BCUT2D eigenvalue weighted by Crippen LogP contribution is 2.27. The van der Waals surface area contributed by atoms with E-state index >= 15 is 0 Å². The number of para-hydroxylation sites is 1. The van der Waals surface area contributed by atoms with Gasteiger partial charge in [0, 0.05) is 12.1 Å². The van der Waals surface area contributed by atoms with Crippen molar-refractivity contribution in [3.63, 3.8) is 0 Å². The van der Waals surface area contributed by atoms with E-state index in [2.05, 4.69) is 49.5 Å². The number of ether oxygens (including phenoxy) is 1. The average Bonchev–Trinajstić information content (AvgIpc) is 2.44. The molecule has 0 heterocycles. The minimum absolute atomic E-state index is 0.250. The molecule has 0 fully saturated rings. The molecular weight excluding hydrogens is 234 g/mol. The van der Waals surface area contributed by atoms with Crippen LogP contribution in [0.15, 0.2) is 30.4 Å². The lowest BCUT2D eigenvalue weighted by atomic mass is 10.0. The highest BCUT2D eigenvalue weighted by molar-refractivity contribution is 5.41. The molecule has 0 aromatic heterocycles. The van der Waals surface area contributed by atoms with Gasteiger partial charge in [-0.3, -0.25) is 0 Å². The summed E-state index contributed by atoms with van der Waals surface area (Å²) >= 11 is 0. The largest absolute Gasteiger partial charge is 0.486 e. The van der Waals surface area contributed by atoms with E-state index < -0.39 is 0 Å². The zero-order valence-electron chi connectivity index (χ0n) is 12.1. The average molecular weight is 259 g/mol. The van der Waals surface area contributed by atoms with Crippen molar-refractivity contribution in [2.45, 2.75) is 52.2 Å². The summed E-state index contributed by atoms with van der Waals surface area (Å²) in [6.45, 7) is 6.26. The van der Waals surface area contributed by atoms with E-state index in [9.17, 15) is 0 Å². The Hall–Kier alpha value is -1.28. The predicted octanol–water partition coefficient (Wildman–Crippen LogP) is 3.98. The molecule has 1 aliphatic carbocycles. The Kier molecular flexibility index (Phi) is 5.46. The molecule has 0 amide bonds. The first kappa shape index (κ1) is 14.1. The van der Waals surface area contributed by atoms with Gasteiger partial charge in [-0.25, -0.2) is 0 Å². The number of rotatable bonds is 6. The van der Waals surface area contributed by atoms with Crippen LogP contribution in [-0.4, -0.2) is 12.6 Å². The van der Waals surface area contributed by atoms with Crippen LogP contribution < -0.4 is 10.1 Å². The Morgan fingerprint density at radius 1 is 1.37 bits per heavy atom. The normalized spacial score (nSPS) is 18.5. The van der Waals surface area contributed by atoms with Crippen molar-refractivity contribution < 1.29 is 4.74 Å². The number of aryl methyl sites for hydroxylation is 1. The zero-order valence-corrected chi connectivity index (χ0v) is 12.1. The molecule has 1 aliphatic rings. The molecule has 0 saturated carbocycles. The smallest absolute Gasteiger partial charge is 0.127 e. The van der Waals surface area contributed by atoms with Crippen LogP contribution in [0.5, 0.6) is 5.75 Å². The summed E-state index contributed by atoms with van der Waals surface area (Å²) in [7, 11) is 0. The fraction of sp³-hybridized carbons (Fsp3) is 0.529. The van der Waals surface area contributed by atoms with Gasteiger partial charge in [-0.1, -0.05) is 31.2 Å². The molecule has 1 unspecified atom stereocenters. The van der Waals surface area contributed by atoms with Gasteiger partial charge in [-0.05, 0) is 50.8 Å². The monoisotopic (exact) mass is 259 g/mol. The van der Waals surface area contributed by atoms with Crippen LogP contribution >= 0.6 is 0 Å². The Labute approximate surface area is 116 Å². The molecule has 2 rings (SSSR count). The molecule has 2 heteroatoms. The van der Waals surface area contributed by atoms with Crippen molar-refractivity contribution in [3.8, 4) is 5.75 Å². The third-order valence-electron chi connectivity index (χ3n) is 3.52. The zero-order chi connectivity index (χ0) is 13.5. The SMILES string of the molecule is CCCNCc1cccc(C)c1OC1C=CCCC1. The molecule has 1 aromatic carbocycles. The maximum atomic E-state index is 6.22. The van der Waals surface area contributed by atoms with E-state index in [0.29, 0.717) is 0 Å². The highest BCUT2D eigenvalue weighted by atomic mass is 16.5. The van der Waals surface area contributed by atoms with E-state index in [4.69, 9.17) is 4.74 Å². The topological polar surface area (TPSA) is 21.3 Å². The summed E-state index contributed by atoms with van der Waals surface area (Å²) in [6, 6.07) is 6.41. The Bertz CT molecular complexity index is 425. The molecule has 2 nitrogen and oxygen atoms in total. The quantitative estimate of drug-likeness (QED) is 0.616. The summed E-state index contributed by atoms with van der Waals surface area (Å²) in [5.41, 5.74) is 2.50. The van der Waals surface area contributed by atoms with E-state index in [1.54, 1.807) is 0 Å². The number of hydrogen-bond donors (Lipinski definition) is 1. The maximum Gasteiger partial charge on any atom is 0.127 e. The fourth-order valence-electron chi connectivity index (χ4n) is 2.45. The lowest BCUT2D eigenvalue weighted by Crippen LogP contribution is -2.19. The van der Waals surface area contributed by atoms with Gasteiger partial charge >= 0.3 is 0 Å². The van der Waals surface area contributed by atoms with Gasteiger partial charge in [0.05, 0.1) is 0 Å². The third-order valence-corrected chi connectivity index (χ3v) is 3.52. The van der Waals surface area contributed by atoms with E-state index in [0.717, 1.165) is 31.7 Å². The van der Waals surface area contributed by atoms with Gasteiger partial charge in [0.15, 0.2) is 0 Å². The van der Waals surface area contributed by atoms with Crippen molar-refractivity contribution in [2.75, 3.05) is 6.54 Å². The van der Waals surface area contributed by atoms with Crippen LogP contribution in [0.2, 0.25) is 0 Å². The van der Waals surface area contributed by atoms with Crippen LogP contribution in [-0.2, 0) is 6.54 Å². The molecule has 0 spiro atoms. The molecule has 0 aliphatic heterocycles. The Balaban J connectivity index is 2.08. The van der Waals surface area contributed by atoms with Crippen LogP contribution in [0, 0.1) is 6.92 Å². The van der Waals surface area contributed by atoms with Gasteiger partial charge in [0.2, 0.25) is 0 Å². The second-order valence-corrected chi connectivity index (χ2v) is 5.26.